The summed E-state index contributed by atoms with van der Waals surface area (Å²) in [6.07, 6.45) is 1.14. The first-order chi connectivity index (χ1) is 9.47. The predicted octanol–water partition coefficient (Wildman–Crippen LogP) is 1.43. The number of aliphatic hydroxyl groups is 1. The Labute approximate surface area is 119 Å². The lowest BCUT2D eigenvalue weighted by Gasteiger charge is -2.22. The van der Waals surface area contributed by atoms with Gasteiger partial charge in [0.1, 0.15) is 5.60 Å². The van der Waals surface area contributed by atoms with Crippen molar-refractivity contribution in [2.75, 3.05) is 30.8 Å². The van der Waals surface area contributed by atoms with Gasteiger partial charge in [-0.25, -0.2) is 8.42 Å². The van der Waals surface area contributed by atoms with Crippen molar-refractivity contribution in [2.45, 2.75) is 30.3 Å². The molecular weight excluding hydrogens is 278 g/mol. The van der Waals surface area contributed by atoms with Crippen LogP contribution in [0.25, 0.3) is 0 Å². The number of hydrogen-bond acceptors (Lipinski definition) is 5. The van der Waals surface area contributed by atoms with E-state index >= 15 is 0 Å². The molecule has 1 aliphatic heterocycles. The summed E-state index contributed by atoms with van der Waals surface area (Å²) in [5.41, 5.74) is -0.372. The molecule has 1 atom stereocenters. The van der Waals surface area contributed by atoms with Gasteiger partial charge < -0.3 is 15.2 Å². The number of nitrogens with one attached hydrogen (secondary N) is 1. The van der Waals surface area contributed by atoms with Gasteiger partial charge in [-0.2, -0.15) is 0 Å². The average molecular weight is 299 g/mol. The van der Waals surface area contributed by atoms with Gasteiger partial charge >= 0.3 is 0 Å². The van der Waals surface area contributed by atoms with Crippen molar-refractivity contribution in [1.29, 1.82) is 0 Å². The minimum Gasteiger partial charge on any atom is -0.386 e. The van der Waals surface area contributed by atoms with Crippen molar-refractivity contribution in [2.24, 2.45) is 0 Å². The largest absolute Gasteiger partial charge is 0.386 e. The van der Waals surface area contributed by atoms with Gasteiger partial charge in [0.25, 0.3) is 0 Å². The lowest BCUT2D eigenvalue weighted by Crippen LogP contribution is -2.37. The van der Waals surface area contributed by atoms with Crippen molar-refractivity contribution in [1.82, 2.24) is 0 Å². The molecule has 1 saturated heterocycles. The van der Waals surface area contributed by atoms with E-state index in [9.17, 15) is 13.5 Å². The SMILES string of the molecule is CCCS(=O)(=O)c1ccccc1NCC1(O)CCOC1. The van der Waals surface area contributed by atoms with Crippen molar-refractivity contribution in [3.05, 3.63) is 24.3 Å². The molecule has 0 spiro atoms. The van der Waals surface area contributed by atoms with E-state index < -0.39 is 15.4 Å². The summed E-state index contributed by atoms with van der Waals surface area (Å²) in [7, 11) is -3.28. The summed E-state index contributed by atoms with van der Waals surface area (Å²) in [5, 5.41) is 13.3. The van der Waals surface area contributed by atoms with E-state index in [-0.39, 0.29) is 18.9 Å². The monoisotopic (exact) mass is 299 g/mol. The van der Waals surface area contributed by atoms with Crippen LogP contribution in [0.5, 0.6) is 0 Å². The lowest BCUT2D eigenvalue weighted by atomic mass is 10.0. The fraction of sp³-hybridized carbons (Fsp3) is 0.571. The Morgan fingerprint density at radius 1 is 1.40 bits per heavy atom. The van der Waals surface area contributed by atoms with E-state index in [1.807, 2.05) is 6.92 Å². The summed E-state index contributed by atoms with van der Waals surface area (Å²) >= 11 is 0. The van der Waals surface area contributed by atoms with Gasteiger partial charge in [-0.1, -0.05) is 19.1 Å². The maximum absolute atomic E-state index is 12.2. The molecule has 2 N–H and O–H groups in total. The van der Waals surface area contributed by atoms with E-state index in [2.05, 4.69) is 5.32 Å². The van der Waals surface area contributed by atoms with E-state index in [0.717, 1.165) is 0 Å². The Bertz CT molecular complexity index is 550. The van der Waals surface area contributed by atoms with E-state index in [4.69, 9.17) is 4.74 Å². The van der Waals surface area contributed by atoms with Crippen LogP contribution in [-0.2, 0) is 14.6 Å². The van der Waals surface area contributed by atoms with Crippen LogP contribution in [-0.4, -0.2) is 44.6 Å². The highest BCUT2D eigenvalue weighted by atomic mass is 32.2. The molecular formula is C14H21NO4S. The predicted molar refractivity (Wildman–Crippen MR) is 77.7 cm³/mol. The van der Waals surface area contributed by atoms with Gasteiger partial charge in [-0.3, -0.25) is 0 Å². The Morgan fingerprint density at radius 2 is 2.15 bits per heavy atom. The third-order valence-corrected chi connectivity index (χ3v) is 5.36. The minimum absolute atomic E-state index is 0.124. The molecule has 1 aromatic rings. The fourth-order valence-electron chi connectivity index (χ4n) is 2.26. The summed E-state index contributed by atoms with van der Waals surface area (Å²) in [6.45, 7) is 2.94. The molecule has 0 amide bonds. The molecule has 20 heavy (non-hydrogen) atoms. The van der Waals surface area contributed by atoms with Crippen LogP contribution in [0.15, 0.2) is 29.2 Å². The molecule has 112 valence electrons. The van der Waals surface area contributed by atoms with Crippen molar-refractivity contribution >= 4 is 15.5 Å². The second-order valence-corrected chi connectivity index (χ2v) is 7.27. The molecule has 1 heterocycles. The smallest absolute Gasteiger partial charge is 0.180 e. The Morgan fingerprint density at radius 3 is 2.80 bits per heavy atom. The van der Waals surface area contributed by atoms with Gasteiger partial charge in [0.05, 0.1) is 22.9 Å². The number of sulfone groups is 1. The third-order valence-electron chi connectivity index (χ3n) is 3.39. The van der Waals surface area contributed by atoms with Crippen molar-refractivity contribution in [3.8, 4) is 0 Å². The molecule has 0 bridgehead atoms. The molecule has 6 heteroatoms. The highest BCUT2D eigenvalue weighted by Gasteiger charge is 2.32. The molecule has 1 fully saturated rings. The van der Waals surface area contributed by atoms with Gasteiger partial charge in [-0.15, -0.1) is 0 Å². The van der Waals surface area contributed by atoms with Crippen LogP contribution < -0.4 is 5.32 Å². The first kappa shape index (κ1) is 15.3. The van der Waals surface area contributed by atoms with E-state index in [1.54, 1.807) is 24.3 Å². The molecule has 1 aliphatic rings. The fourth-order valence-corrected chi connectivity index (χ4v) is 3.78. The van der Waals surface area contributed by atoms with Crippen LogP contribution in [0.1, 0.15) is 19.8 Å². The highest BCUT2D eigenvalue weighted by Crippen LogP contribution is 2.25. The van der Waals surface area contributed by atoms with Crippen LogP contribution in [0, 0.1) is 0 Å². The van der Waals surface area contributed by atoms with Crippen LogP contribution in [0.4, 0.5) is 5.69 Å². The molecule has 0 aromatic heterocycles. The summed E-state index contributed by atoms with van der Waals surface area (Å²) < 4.78 is 29.6. The maximum atomic E-state index is 12.2. The zero-order chi connectivity index (χ0) is 14.6. The van der Waals surface area contributed by atoms with Crippen LogP contribution in [0.2, 0.25) is 0 Å². The molecule has 0 radical (unpaired) electrons. The number of para-hydroxylation sites is 1. The topological polar surface area (TPSA) is 75.6 Å². The molecule has 0 saturated carbocycles. The normalized spacial score (nSPS) is 22.9. The van der Waals surface area contributed by atoms with Gasteiger partial charge in [0.2, 0.25) is 0 Å². The molecule has 0 aliphatic carbocycles. The first-order valence-corrected chi connectivity index (χ1v) is 8.48. The van der Waals surface area contributed by atoms with Crippen molar-refractivity contribution in [3.63, 3.8) is 0 Å². The standard InChI is InChI=1S/C14H21NO4S/c1-2-9-20(17,18)13-6-4-3-5-12(13)15-10-14(16)7-8-19-11-14/h3-6,15-16H,2,7-11H2,1H3. The quantitative estimate of drug-likeness (QED) is 0.831. The summed E-state index contributed by atoms with van der Waals surface area (Å²) in [5.74, 6) is 0.124. The minimum atomic E-state index is -3.28. The second kappa shape index (κ2) is 6.11. The first-order valence-electron chi connectivity index (χ1n) is 6.83. The maximum Gasteiger partial charge on any atom is 0.180 e. The Hall–Kier alpha value is -1.11. The zero-order valence-electron chi connectivity index (χ0n) is 11.6. The van der Waals surface area contributed by atoms with Gasteiger partial charge in [-0.05, 0) is 18.6 Å². The number of ether oxygens (including phenoxy) is 1. The zero-order valence-corrected chi connectivity index (χ0v) is 12.4. The summed E-state index contributed by atoms with van der Waals surface area (Å²) in [6, 6.07) is 6.81. The van der Waals surface area contributed by atoms with E-state index in [1.165, 1.54) is 0 Å². The van der Waals surface area contributed by atoms with Crippen LogP contribution >= 0.6 is 0 Å². The van der Waals surface area contributed by atoms with E-state index in [0.29, 0.717) is 30.0 Å². The molecule has 1 aromatic carbocycles. The number of rotatable bonds is 6. The lowest BCUT2D eigenvalue weighted by molar-refractivity contribution is 0.0381. The Balaban J connectivity index is 2.16. The molecule has 5 nitrogen and oxygen atoms in total. The van der Waals surface area contributed by atoms with Gasteiger partial charge in [0.15, 0.2) is 9.84 Å². The average Bonchev–Trinajstić information content (AvgIpc) is 2.84. The number of anilines is 1. The second-order valence-electron chi connectivity index (χ2n) is 5.20. The van der Waals surface area contributed by atoms with Crippen molar-refractivity contribution < 1.29 is 18.3 Å². The number of benzene rings is 1. The highest BCUT2D eigenvalue weighted by molar-refractivity contribution is 7.91. The summed E-state index contributed by atoms with van der Waals surface area (Å²) in [4.78, 5) is 0.296. The molecule has 1 unspecified atom stereocenters. The third kappa shape index (κ3) is 3.50. The van der Waals surface area contributed by atoms with Gasteiger partial charge in [0, 0.05) is 19.6 Å². The molecule has 2 rings (SSSR count). The van der Waals surface area contributed by atoms with Crippen LogP contribution in [0.3, 0.4) is 0 Å². The number of hydrogen-bond donors (Lipinski definition) is 2. The Kier molecular flexibility index (Phi) is 4.67.